The van der Waals surface area contributed by atoms with Crippen LogP contribution in [0.15, 0.2) is 0 Å². The Balaban J connectivity index is 1.27. The molecule has 0 aromatic rings. The highest BCUT2D eigenvalue weighted by atomic mass is 16.7. The summed E-state index contributed by atoms with van der Waals surface area (Å²) in [5.41, 5.74) is 0.988. The summed E-state index contributed by atoms with van der Waals surface area (Å²) in [4.78, 5) is 0. The van der Waals surface area contributed by atoms with Gasteiger partial charge in [-0.1, -0.05) is 40.5 Å². The third kappa shape index (κ3) is 2.48. The van der Waals surface area contributed by atoms with E-state index in [1.165, 1.54) is 64.2 Å². The fourth-order valence-corrected chi connectivity index (χ4v) is 10.2. The van der Waals surface area contributed by atoms with E-state index in [1.807, 2.05) is 0 Å². The molecule has 11 unspecified atom stereocenters. The van der Waals surface area contributed by atoms with Crippen molar-refractivity contribution in [2.75, 3.05) is 6.61 Å². The van der Waals surface area contributed by atoms with Crippen molar-refractivity contribution in [2.45, 2.75) is 110 Å². The van der Waals surface area contributed by atoms with Gasteiger partial charge in [0, 0.05) is 17.8 Å². The van der Waals surface area contributed by atoms with E-state index in [4.69, 9.17) is 9.47 Å². The van der Waals surface area contributed by atoms with Gasteiger partial charge < -0.3 is 9.47 Å². The van der Waals surface area contributed by atoms with Crippen molar-refractivity contribution in [2.24, 2.45) is 52.3 Å². The fraction of sp³-hybridized carbons (Fsp3) is 1.00. The van der Waals surface area contributed by atoms with Crippen molar-refractivity contribution in [3.63, 3.8) is 0 Å². The highest BCUT2D eigenvalue weighted by molar-refractivity contribution is 5.15. The highest BCUT2D eigenvalue weighted by Crippen LogP contribution is 2.71. The number of hydrogen-bond donors (Lipinski definition) is 0. The van der Waals surface area contributed by atoms with Crippen LogP contribution < -0.4 is 0 Å². The van der Waals surface area contributed by atoms with Gasteiger partial charge in [0.1, 0.15) is 0 Å². The monoisotopic (exact) mass is 400 g/mol. The zero-order valence-electron chi connectivity index (χ0n) is 19.4. The van der Waals surface area contributed by atoms with Crippen LogP contribution in [0, 0.1) is 52.3 Å². The predicted molar refractivity (Wildman–Crippen MR) is 116 cm³/mol. The van der Waals surface area contributed by atoms with Gasteiger partial charge in [0.05, 0.1) is 12.7 Å². The smallest absolute Gasteiger partial charge is 0.171 e. The Kier molecular flexibility index (Phi) is 4.37. The van der Waals surface area contributed by atoms with Gasteiger partial charge >= 0.3 is 0 Å². The predicted octanol–water partition coefficient (Wildman–Crippen LogP) is 6.82. The number of fused-ring (bicyclic) bond motifs is 7. The van der Waals surface area contributed by atoms with Gasteiger partial charge in [-0.3, -0.25) is 0 Å². The molecule has 4 aliphatic carbocycles. The highest BCUT2D eigenvalue weighted by Gasteiger charge is 2.70. The van der Waals surface area contributed by atoms with Gasteiger partial charge in [0.15, 0.2) is 5.79 Å². The van der Waals surface area contributed by atoms with E-state index in [0.29, 0.717) is 28.8 Å². The summed E-state index contributed by atoms with van der Waals surface area (Å²) in [5, 5.41) is 0. The molecule has 164 valence electrons. The molecule has 0 aromatic heterocycles. The molecule has 6 aliphatic rings. The Morgan fingerprint density at radius 1 is 0.793 bits per heavy atom. The molecule has 0 aromatic carbocycles. The lowest BCUT2D eigenvalue weighted by atomic mass is 9.46. The second-order valence-corrected chi connectivity index (χ2v) is 12.8. The molecule has 0 N–H and O–H groups in total. The average molecular weight is 401 g/mol. The first-order chi connectivity index (χ1) is 13.9. The Morgan fingerprint density at radius 3 is 2.41 bits per heavy atom. The summed E-state index contributed by atoms with van der Waals surface area (Å²) < 4.78 is 13.5. The van der Waals surface area contributed by atoms with Gasteiger partial charge in [-0.05, 0) is 92.3 Å². The van der Waals surface area contributed by atoms with E-state index in [1.54, 1.807) is 0 Å². The molecule has 6 fully saturated rings. The van der Waals surface area contributed by atoms with Gasteiger partial charge in [0.2, 0.25) is 0 Å². The van der Waals surface area contributed by atoms with Crippen LogP contribution in [-0.2, 0) is 9.47 Å². The molecule has 1 spiro atoms. The minimum Gasteiger partial charge on any atom is -0.349 e. The van der Waals surface area contributed by atoms with Gasteiger partial charge in [0.25, 0.3) is 0 Å². The summed E-state index contributed by atoms with van der Waals surface area (Å²) in [6.07, 6.45) is 16.2. The Labute approximate surface area is 178 Å². The van der Waals surface area contributed by atoms with Gasteiger partial charge in [-0.25, -0.2) is 0 Å². The summed E-state index contributed by atoms with van der Waals surface area (Å²) in [6.45, 7) is 11.0. The average Bonchev–Trinajstić information content (AvgIpc) is 3.11. The van der Waals surface area contributed by atoms with Crippen molar-refractivity contribution in [1.29, 1.82) is 0 Å². The van der Waals surface area contributed by atoms with E-state index < -0.39 is 0 Å². The van der Waals surface area contributed by atoms with Gasteiger partial charge in [-0.15, -0.1) is 0 Å². The Morgan fingerprint density at radius 2 is 1.62 bits per heavy atom. The normalized spacial score (nSPS) is 61.7. The molecule has 29 heavy (non-hydrogen) atoms. The van der Waals surface area contributed by atoms with E-state index >= 15 is 0 Å². The first-order valence-corrected chi connectivity index (χ1v) is 13.2. The van der Waals surface area contributed by atoms with Crippen LogP contribution in [0.5, 0.6) is 0 Å². The van der Waals surface area contributed by atoms with E-state index in [0.717, 1.165) is 42.6 Å². The SMILES string of the molecule is CC1CCC2(OC1)OC1CC3C4CCC5CCCCC5(C)C4CCC3C1(C)C2C. The van der Waals surface area contributed by atoms with Gasteiger partial charge in [-0.2, -0.15) is 0 Å². The van der Waals surface area contributed by atoms with E-state index in [-0.39, 0.29) is 5.79 Å². The van der Waals surface area contributed by atoms with Crippen LogP contribution in [-0.4, -0.2) is 18.5 Å². The van der Waals surface area contributed by atoms with Crippen LogP contribution >= 0.6 is 0 Å². The van der Waals surface area contributed by atoms with Crippen LogP contribution in [0.2, 0.25) is 0 Å². The Hall–Kier alpha value is -0.0800. The Bertz CT molecular complexity index is 651. The van der Waals surface area contributed by atoms with Crippen LogP contribution in [0.25, 0.3) is 0 Å². The molecule has 2 heteroatoms. The lowest BCUT2D eigenvalue weighted by Gasteiger charge is -2.59. The standard InChI is InChI=1S/C27H44O2/c1-17-12-14-27(28-16-17)18(2)26(4)23-11-10-22-20(21(23)15-24(26)29-27)9-8-19-7-5-6-13-25(19,22)3/h17-24H,5-16H2,1-4H3. The lowest BCUT2D eigenvalue weighted by molar-refractivity contribution is -0.272. The number of ether oxygens (including phenoxy) is 2. The minimum absolute atomic E-state index is 0.263. The van der Waals surface area contributed by atoms with Crippen LogP contribution in [0.4, 0.5) is 0 Å². The quantitative estimate of drug-likeness (QED) is 0.444. The van der Waals surface area contributed by atoms with Crippen molar-refractivity contribution in [3.8, 4) is 0 Å². The molecule has 2 aliphatic heterocycles. The zero-order chi connectivity index (χ0) is 20.0. The van der Waals surface area contributed by atoms with Crippen molar-refractivity contribution in [1.82, 2.24) is 0 Å². The molecule has 0 bridgehead atoms. The molecule has 2 nitrogen and oxygen atoms in total. The van der Waals surface area contributed by atoms with Crippen molar-refractivity contribution >= 4 is 0 Å². The summed E-state index contributed by atoms with van der Waals surface area (Å²) in [7, 11) is 0. The molecule has 6 rings (SSSR count). The van der Waals surface area contributed by atoms with Crippen molar-refractivity contribution in [3.05, 3.63) is 0 Å². The first kappa shape index (κ1) is 19.6. The maximum Gasteiger partial charge on any atom is 0.171 e. The maximum absolute atomic E-state index is 6.96. The number of hydrogen-bond acceptors (Lipinski definition) is 2. The molecular formula is C27H44O2. The largest absolute Gasteiger partial charge is 0.349 e. The molecule has 2 heterocycles. The topological polar surface area (TPSA) is 18.5 Å². The third-order valence-electron chi connectivity index (χ3n) is 12.0. The molecule has 2 saturated heterocycles. The zero-order valence-corrected chi connectivity index (χ0v) is 19.4. The van der Waals surface area contributed by atoms with E-state index in [2.05, 4.69) is 27.7 Å². The van der Waals surface area contributed by atoms with Crippen LogP contribution in [0.3, 0.4) is 0 Å². The fourth-order valence-electron chi connectivity index (χ4n) is 10.2. The third-order valence-corrected chi connectivity index (χ3v) is 12.0. The summed E-state index contributed by atoms with van der Waals surface area (Å²) >= 11 is 0. The molecular weight excluding hydrogens is 356 g/mol. The molecule has 4 saturated carbocycles. The summed E-state index contributed by atoms with van der Waals surface area (Å²) in [5.74, 6) is 5.78. The maximum atomic E-state index is 6.96. The minimum atomic E-state index is -0.263. The van der Waals surface area contributed by atoms with Crippen molar-refractivity contribution < 1.29 is 9.47 Å². The van der Waals surface area contributed by atoms with E-state index in [9.17, 15) is 0 Å². The second-order valence-electron chi connectivity index (χ2n) is 12.8. The molecule has 11 atom stereocenters. The van der Waals surface area contributed by atoms with Crippen LogP contribution in [0.1, 0.15) is 98.3 Å². The molecule has 0 amide bonds. The molecule has 0 radical (unpaired) electrons. The number of rotatable bonds is 0. The first-order valence-electron chi connectivity index (χ1n) is 13.2. The summed E-state index contributed by atoms with van der Waals surface area (Å²) in [6, 6.07) is 0. The lowest BCUT2D eigenvalue weighted by Crippen LogP contribution is -2.52. The second kappa shape index (κ2) is 6.47.